The lowest BCUT2D eigenvalue weighted by atomic mass is 9.72. The summed E-state index contributed by atoms with van der Waals surface area (Å²) < 4.78 is 14.7. The number of carbonyl (C=O) groups is 3. The van der Waals surface area contributed by atoms with Crippen LogP contribution in [0.4, 0.5) is 5.69 Å². The van der Waals surface area contributed by atoms with Crippen molar-refractivity contribution in [3.63, 3.8) is 0 Å². The molecule has 0 saturated heterocycles. The maximum Gasteiger partial charge on any atom is 0.330 e. The van der Waals surface area contributed by atoms with Gasteiger partial charge in [-0.15, -0.1) is 11.8 Å². The second-order valence-corrected chi connectivity index (χ2v) is 7.86. The quantitative estimate of drug-likeness (QED) is 0.254. The van der Waals surface area contributed by atoms with Crippen LogP contribution < -0.4 is 0 Å². The van der Waals surface area contributed by atoms with E-state index in [0.29, 0.717) is 6.42 Å². The molecule has 1 aromatic rings. The van der Waals surface area contributed by atoms with Crippen LogP contribution in [0.15, 0.2) is 41.4 Å². The Morgan fingerprint density at radius 2 is 1.80 bits per heavy atom. The number of ether oxygens (including phenoxy) is 3. The van der Waals surface area contributed by atoms with E-state index >= 15 is 0 Å². The minimum atomic E-state index is -1.12. The molecule has 8 heteroatoms. The molecule has 1 aliphatic rings. The van der Waals surface area contributed by atoms with E-state index in [1.807, 2.05) is 31.2 Å². The van der Waals surface area contributed by atoms with Crippen molar-refractivity contribution in [1.82, 2.24) is 0 Å². The predicted molar refractivity (Wildman–Crippen MR) is 116 cm³/mol. The topological polar surface area (TPSA) is 91.3 Å². The third-order valence-corrected chi connectivity index (χ3v) is 5.91. The van der Waals surface area contributed by atoms with Crippen LogP contribution in [0.3, 0.4) is 0 Å². The lowest BCUT2D eigenvalue weighted by Gasteiger charge is -2.33. The Morgan fingerprint density at radius 3 is 2.40 bits per heavy atom. The van der Waals surface area contributed by atoms with Crippen LogP contribution in [-0.4, -0.2) is 49.5 Å². The molecule has 1 unspecified atom stereocenters. The van der Waals surface area contributed by atoms with E-state index < -0.39 is 29.2 Å². The molecule has 1 aliphatic heterocycles. The van der Waals surface area contributed by atoms with Crippen LogP contribution >= 0.6 is 11.8 Å². The van der Waals surface area contributed by atoms with Gasteiger partial charge in [-0.1, -0.05) is 31.2 Å². The van der Waals surface area contributed by atoms with E-state index in [1.165, 1.54) is 20.3 Å². The molecule has 30 heavy (non-hydrogen) atoms. The molecular weight excluding hydrogens is 406 g/mol. The Balaban J connectivity index is 2.54. The first-order chi connectivity index (χ1) is 14.4. The van der Waals surface area contributed by atoms with Gasteiger partial charge in [0.1, 0.15) is 0 Å². The molecule has 0 N–H and O–H groups in total. The zero-order chi connectivity index (χ0) is 22.1. The smallest absolute Gasteiger partial charge is 0.330 e. The monoisotopic (exact) mass is 433 g/mol. The Hall–Kier alpha value is -2.61. The fraction of sp³-hybridized carbons (Fsp3) is 0.455. The molecule has 162 valence electrons. The number of allylic oxidation sites excluding steroid dienone is 1. The number of nitrogens with zero attached hydrogens (tertiary/aromatic N) is 1. The minimum absolute atomic E-state index is 0.113. The Morgan fingerprint density at radius 1 is 1.13 bits per heavy atom. The summed E-state index contributed by atoms with van der Waals surface area (Å²) in [7, 11) is 2.48. The van der Waals surface area contributed by atoms with Crippen molar-refractivity contribution in [2.45, 2.75) is 32.1 Å². The first kappa shape index (κ1) is 23.7. The SMILES string of the molecule is CCOC(=O)/C=C/CC1(CC(C(=O)OC)C(=O)OC)C(SCC)=Nc2ccccc21. The molecule has 0 radical (unpaired) electrons. The van der Waals surface area contributed by atoms with Gasteiger partial charge in [0.2, 0.25) is 0 Å². The van der Waals surface area contributed by atoms with Gasteiger partial charge in [0.25, 0.3) is 0 Å². The molecule has 0 fully saturated rings. The largest absolute Gasteiger partial charge is 0.468 e. The summed E-state index contributed by atoms with van der Waals surface area (Å²) in [6, 6.07) is 7.61. The van der Waals surface area contributed by atoms with Crippen LogP contribution in [0.5, 0.6) is 0 Å². The lowest BCUT2D eigenvalue weighted by molar-refractivity contribution is -0.159. The standard InChI is InChI=1S/C22H27NO6S/c1-5-29-18(24)12-9-13-22(14-15(19(25)27-3)20(26)28-4)16-10-7-8-11-17(16)23-21(22)30-6-2/h7-12,15H,5-6,13-14H2,1-4H3/b12-9+. The molecule has 0 aromatic heterocycles. The first-order valence-corrected chi connectivity index (χ1v) is 10.7. The number of thioether (sulfide) groups is 1. The van der Waals surface area contributed by atoms with Gasteiger partial charge >= 0.3 is 17.9 Å². The Bertz CT molecular complexity index is 834. The molecule has 7 nitrogen and oxygen atoms in total. The third kappa shape index (κ3) is 5.11. The van der Waals surface area contributed by atoms with Gasteiger partial charge in [0.05, 0.1) is 37.0 Å². The zero-order valence-corrected chi connectivity index (χ0v) is 18.5. The highest BCUT2D eigenvalue weighted by molar-refractivity contribution is 8.14. The van der Waals surface area contributed by atoms with Crippen molar-refractivity contribution in [1.29, 1.82) is 0 Å². The molecule has 0 amide bonds. The van der Waals surface area contributed by atoms with E-state index in [-0.39, 0.29) is 13.0 Å². The van der Waals surface area contributed by atoms with Gasteiger partial charge in [-0.05, 0) is 37.1 Å². The molecule has 0 saturated carbocycles. The Kier molecular flexibility index (Phi) is 8.65. The summed E-state index contributed by atoms with van der Waals surface area (Å²) in [5.74, 6) is -2.14. The highest BCUT2D eigenvalue weighted by Gasteiger charge is 2.47. The van der Waals surface area contributed by atoms with Gasteiger partial charge in [-0.3, -0.25) is 9.59 Å². The summed E-state index contributed by atoms with van der Waals surface area (Å²) >= 11 is 1.55. The van der Waals surface area contributed by atoms with Gasteiger partial charge in [-0.25, -0.2) is 9.79 Å². The second-order valence-electron chi connectivity index (χ2n) is 6.61. The number of para-hydroxylation sites is 1. The summed E-state index contributed by atoms with van der Waals surface area (Å²) in [5, 5.41) is 0.789. The second kappa shape index (κ2) is 11.0. The number of aliphatic imine (C=N–C) groups is 1. The van der Waals surface area contributed by atoms with Crippen molar-refractivity contribution >= 4 is 40.4 Å². The van der Waals surface area contributed by atoms with Crippen molar-refractivity contribution < 1.29 is 28.6 Å². The molecule has 0 spiro atoms. The molecule has 0 aliphatic carbocycles. The van der Waals surface area contributed by atoms with Gasteiger partial charge in [0, 0.05) is 6.08 Å². The van der Waals surface area contributed by atoms with Crippen LogP contribution in [-0.2, 0) is 34.0 Å². The minimum Gasteiger partial charge on any atom is -0.468 e. The first-order valence-electron chi connectivity index (χ1n) is 9.73. The summed E-state index contributed by atoms with van der Waals surface area (Å²) in [6.45, 7) is 4.02. The molecule has 2 rings (SSSR count). The van der Waals surface area contributed by atoms with Crippen LogP contribution in [0.25, 0.3) is 0 Å². The van der Waals surface area contributed by atoms with Gasteiger partial charge < -0.3 is 14.2 Å². The van der Waals surface area contributed by atoms with Crippen molar-refractivity contribution in [3.05, 3.63) is 42.0 Å². The maximum absolute atomic E-state index is 12.4. The maximum atomic E-state index is 12.4. The molecular formula is C22H27NO6S. The fourth-order valence-electron chi connectivity index (χ4n) is 3.54. The van der Waals surface area contributed by atoms with Crippen LogP contribution in [0, 0.1) is 5.92 Å². The van der Waals surface area contributed by atoms with Crippen LogP contribution in [0.1, 0.15) is 32.3 Å². The highest BCUT2D eigenvalue weighted by atomic mass is 32.2. The third-order valence-electron chi connectivity index (χ3n) is 4.86. The average molecular weight is 434 g/mol. The molecule has 1 aromatic carbocycles. The Labute approximate surface area is 180 Å². The number of hydrogen-bond donors (Lipinski definition) is 0. The van der Waals surface area contributed by atoms with Crippen molar-refractivity contribution in [3.8, 4) is 0 Å². The molecule has 1 atom stereocenters. The van der Waals surface area contributed by atoms with Crippen molar-refractivity contribution in [2.75, 3.05) is 26.6 Å². The molecule has 1 heterocycles. The van der Waals surface area contributed by atoms with Crippen LogP contribution in [0.2, 0.25) is 0 Å². The van der Waals surface area contributed by atoms with E-state index in [2.05, 4.69) is 0 Å². The van der Waals surface area contributed by atoms with E-state index in [4.69, 9.17) is 19.2 Å². The van der Waals surface area contributed by atoms with E-state index in [0.717, 1.165) is 22.0 Å². The van der Waals surface area contributed by atoms with E-state index in [9.17, 15) is 14.4 Å². The molecule has 0 bridgehead atoms. The summed E-state index contributed by atoms with van der Waals surface area (Å²) in [6.07, 6.45) is 3.55. The highest BCUT2D eigenvalue weighted by Crippen LogP contribution is 2.49. The number of carbonyl (C=O) groups excluding carboxylic acids is 3. The van der Waals surface area contributed by atoms with Gasteiger partial charge in [-0.2, -0.15) is 0 Å². The zero-order valence-electron chi connectivity index (χ0n) is 17.7. The fourth-order valence-corrected chi connectivity index (χ4v) is 4.52. The number of esters is 3. The van der Waals surface area contributed by atoms with E-state index in [1.54, 1.807) is 24.8 Å². The number of rotatable bonds is 9. The number of fused-ring (bicyclic) bond motifs is 1. The number of benzene rings is 1. The average Bonchev–Trinajstić information content (AvgIpc) is 3.04. The summed E-state index contributed by atoms with van der Waals surface area (Å²) in [5.41, 5.74) is 0.909. The normalized spacial score (nSPS) is 17.6. The van der Waals surface area contributed by atoms with Crippen molar-refractivity contribution in [2.24, 2.45) is 10.9 Å². The summed E-state index contributed by atoms with van der Waals surface area (Å²) in [4.78, 5) is 41.4. The van der Waals surface area contributed by atoms with Gasteiger partial charge in [0.15, 0.2) is 5.92 Å². The predicted octanol–water partition coefficient (Wildman–Crippen LogP) is 3.58. The lowest BCUT2D eigenvalue weighted by Crippen LogP contribution is -2.39. The number of hydrogen-bond acceptors (Lipinski definition) is 8. The number of methoxy groups -OCH3 is 2.